The third kappa shape index (κ3) is 3.85. The van der Waals surface area contributed by atoms with Gasteiger partial charge in [0, 0.05) is 12.7 Å². The average Bonchev–Trinajstić information content (AvgIpc) is 2.75. The molecule has 0 radical (unpaired) electrons. The fourth-order valence-corrected chi connectivity index (χ4v) is 4.55. The van der Waals surface area contributed by atoms with Crippen LogP contribution in [0.15, 0.2) is 72.8 Å². The van der Waals surface area contributed by atoms with E-state index in [2.05, 4.69) is 93.3 Å². The molecule has 30 heavy (non-hydrogen) atoms. The Hall–Kier alpha value is -3.06. The predicted octanol–water partition coefficient (Wildman–Crippen LogP) is 7.31. The Kier molecular flexibility index (Phi) is 5.63. The second kappa shape index (κ2) is 8.36. The number of fused-ring (bicyclic) bond motifs is 1. The van der Waals surface area contributed by atoms with Crippen LogP contribution in [0.4, 0.5) is 5.69 Å². The van der Waals surface area contributed by atoms with Crippen LogP contribution in [0.2, 0.25) is 0 Å². The van der Waals surface area contributed by atoms with Crippen molar-refractivity contribution in [1.29, 1.82) is 0 Å². The highest BCUT2D eigenvalue weighted by Gasteiger charge is 2.23. The first-order chi connectivity index (χ1) is 14.5. The number of anilines is 1. The number of rotatable bonds is 5. The van der Waals surface area contributed by atoms with E-state index >= 15 is 0 Å². The summed E-state index contributed by atoms with van der Waals surface area (Å²) < 4.78 is 0. The third-order valence-corrected chi connectivity index (χ3v) is 6.52. The van der Waals surface area contributed by atoms with E-state index in [0.717, 1.165) is 24.9 Å². The lowest BCUT2D eigenvalue weighted by molar-refractivity contribution is 0.958. The van der Waals surface area contributed by atoms with Crippen LogP contribution in [-0.4, -0.2) is 7.05 Å². The van der Waals surface area contributed by atoms with Crippen molar-refractivity contribution in [1.82, 2.24) is 0 Å². The van der Waals surface area contributed by atoms with Gasteiger partial charge in [0.2, 0.25) is 0 Å². The molecule has 0 saturated heterocycles. The van der Waals surface area contributed by atoms with Gasteiger partial charge in [-0.15, -0.1) is 0 Å². The lowest BCUT2D eigenvalue weighted by Crippen LogP contribution is -2.10. The van der Waals surface area contributed by atoms with E-state index in [1.807, 2.05) is 7.05 Å². The Labute approximate surface area is 181 Å². The van der Waals surface area contributed by atoms with Gasteiger partial charge in [-0.3, -0.25) is 0 Å². The third-order valence-electron chi connectivity index (χ3n) is 6.52. The van der Waals surface area contributed by atoms with Crippen molar-refractivity contribution in [3.05, 3.63) is 112 Å². The zero-order valence-electron chi connectivity index (χ0n) is 18.6. The van der Waals surface area contributed by atoms with Crippen molar-refractivity contribution in [2.24, 2.45) is 0 Å². The van der Waals surface area contributed by atoms with Crippen LogP contribution in [-0.2, 0) is 12.8 Å². The number of hydrogen-bond acceptors (Lipinski definition) is 1. The quantitative estimate of drug-likeness (QED) is 0.479. The van der Waals surface area contributed by atoms with Crippen molar-refractivity contribution in [2.45, 2.75) is 40.0 Å². The van der Waals surface area contributed by atoms with Gasteiger partial charge in [0.05, 0.1) is 0 Å². The summed E-state index contributed by atoms with van der Waals surface area (Å²) in [5, 5.41) is 3.20. The molecule has 0 aromatic heterocycles. The van der Waals surface area contributed by atoms with Gasteiger partial charge in [-0.2, -0.15) is 0 Å². The Morgan fingerprint density at radius 3 is 2.30 bits per heavy atom. The van der Waals surface area contributed by atoms with Crippen LogP contribution >= 0.6 is 0 Å². The van der Waals surface area contributed by atoms with Gasteiger partial charge in [0.25, 0.3) is 0 Å². The highest BCUT2D eigenvalue weighted by molar-refractivity contribution is 5.94. The van der Waals surface area contributed by atoms with Gasteiger partial charge in [-0.25, -0.2) is 0 Å². The highest BCUT2D eigenvalue weighted by atomic mass is 14.8. The zero-order chi connectivity index (χ0) is 21.3. The minimum atomic E-state index is 0.979. The highest BCUT2D eigenvalue weighted by Crippen LogP contribution is 2.42. The summed E-state index contributed by atoms with van der Waals surface area (Å²) in [6.45, 7) is 11.2. The van der Waals surface area contributed by atoms with Gasteiger partial charge < -0.3 is 5.32 Å². The second-order valence-electron chi connectivity index (χ2n) is 8.47. The van der Waals surface area contributed by atoms with Crippen LogP contribution in [0.1, 0.15) is 45.4 Å². The van der Waals surface area contributed by atoms with E-state index in [0.29, 0.717) is 0 Å². The molecule has 3 aromatic carbocycles. The summed E-state index contributed by atoms with van der Waals surface area (Å²) in [4.78, 5) is 0. The van der Waals surface area contributed by atoms with Gasteiger partial charge in [0.15, 0.2) is 0 Å². The molecule has 0 fully saturated rings. The number of allylic oxidation sites excluding steroid dienone is 3. The normalized spacial score (nSPS) is 13.4. The van der Waals surface area contributed by atoms with E-state index in [1.54, 1.807) is 0 Å². The van der Waals surface area contributed by atoms with E-state index in [1.165, 1.54) is 55.7 Å². The molecule has 1 aliphatic carbocycles. The standard InChI is InChI=1S/C29H31N/c1-19-9-13-24(17-21(19)3)28-18-25-8-6-7-20(2)29(25)22(4)27(28)16-12-23-10-14-26(30-5)15-11-23/h6-11,13-15,17,30H,4,12,16,18H2,1-3,5H3. The maximum atomic E-state index is 4.59. The molecule has 0 heterocycles. The monoisotopic (exact) mass is 393 g/mol. The molecule has 0 spiro atoms. The Morgan fingerprint density at radius 1 is 0.833 bits per heavy atom. The fourth-order valence-electron chi connectivity index (χ4n) is 4.55. The summed E-state index contributed by atoms with van der Waals surface area (Å²) in [6.07, 6.45) is 3.01. The van der Waals surface area contributed by atoms with E-state index in [4.69, 9.17) is 0 Å². The molecule has 4 rings (SSSR count). The van der Waals surface area contributed by atoms with Gasteiger partial charge >= 0.3 is 0 Å². The number of hydrogen-bond donors (Lipinski definition) is 1. The smallest absolute Gasteiger partial charge is 0.0337 e. The molecule has 0 unspecified atom stereocenters. The molecule has 1 nitrogen and oxygen atoms in total. The van der Waals surface area contributed by atoms with Crippen LogP contribution in [0.3, 0.4) is 0 Å². The van der Waals surface area contributed by atoms with Gasteiger partial charge in [-0.1, -0.05) is 55.1 Å². The van der Waals surface area contributed by atoms with E-state index in [9.17, 15) is 0 Å². The Morgan fingerprint density at radius 2 is 1.60 bits per heavy atom. The van der Waals surface area contributed by atoms with Crippen molar-refractivity contribution >= 4 is 16.8 Å². The molecule has 1 N–H and O–H groups in total. The SMILES string of the molecule is C=C1C(CCc2ccc(NC)cc2)=C(c2ccc(C)c(C)c2)Cc2cccc(C)c21. The number of aryl methyl sites for hydroxylation is 4. The van der Waals surface area contributed by atoms with E-state index in [-0.39, 0.29) is 0 Å². The summed E-state index contributed by atoms with van der Waals surface area (Å²) in [7, 11) is 1.96. The topological polar surface area (TPSA) is 12.0 Å². The number of nitrogens with one attached hydrogen (secondary N) is 1. The fraction of sp³-hybridized carbons (Fsp3) is 0.241. The molecule has 1 aliphatic rings. The average molecular weight is 394 g/mol. The van der Waals surface area contributed by atoms with Gasteiger partial charge in [-0.05, 0) is 108 Å². The molecule has 0 atom stereocenters. The second-order valence-corrected chi connectivity index (χ2v) is 8.47. The first kappa shape index (κ1) is 20.2. The van der Waals surface area contributed by atoms with Crippen molar-refractivity contribution < 1.29 is 0 Å². The molecular weight excluding hydrogens is 362 g/mol. The summed E-state index contributed by atoms with van der Waals surface area (Å²) in [5.41, 5.74) is 14.7. The molecule has 1 heteroatoms. The molecule has 0 saturated carbocycles. The molecule has 3 aromatic rings. The Bertz CT molecular complexity index is 1130. The largest absolute Gasteiger partial charge is 0.388 e. The van der Waals surface area contributed by atoms with Crippen molar-refractivity contribution in [3.8, 4) is 0 Å². The molecule has 0 amide bonds. The first-order valence-corrected chi connectivity index (χ1v) is 10.8. The van der Waals surface area contributed by atoms with Crippen molar-refractivity contribution in [3.63, 3.8) is 0 Å². The summed E-state index contributed by atoms with van der Waals surface area (Å²) in [5.74, 6) is 0. The molecule has 152 valence electrons. The maximum absolute atomic E-state index is 4.59. The number of benzene rings is 3. The van der Waals surface area contributed by atoms with Crippen LogP contribution < -0.4 is 5.32 Å². The van der Waals surface area contributed by atoms with Gasteiger partial charge in [0.1, 0.15) is 0 Å². The lowest BCUT2D eigenvalue weighted by Gasteiger charge is -2.28. The Balaban J connectivity index is 1.75. The van der Waals surface area contributed by atoms with Crippen LogP contribution in [0.5, 0.6) is 0 Å². The summed E-state index contributed by atoms with van der Waals surface area (Å²) >= 11 is 0. The minimum Gasteiger partial charge on any atom is -0.388 e. The maximum Gasteiger partial charge on any atom is 0.0337 e. The summed E-state index contributed by atoms with van der Waals surface area (Å²) in [6, 6.07) is 22.3. The van der Waals surface area contributed by atoms with E-state index < -0.39 is 0 Å². The first-order valence-electron chi connectivity index (χ1n) is 10.8. The molecular formula is C29H31N. The lowest BCUT2D eigenvalue weighted by atomic mass is 9.76. The molecule has 0 aliphatic heterocycles. The van der Waals surface area contributed by atoms with Crippen LogP contribution in [0, 0.1) is 20.8 Å². The molecule has 0 bridgehead atoms. The minimum absolute atomic E-state index is 0.979. The predicted molar refractivity (Wildman–Crippen MR) is 131 cm³/mol. The zero-order valence-corrected chi connectivity index (χ0v) is 18.6. The van der Waals surface area contributed by atoms with Crippen molar-refractivity contribution in [2.75, 3.05) is 12.4 Å². The van der Waals surface area contributed by atoms with Crippen LogP contribution in [0.25, 0.3) is 11.1 Å².